The highest BCUT2D eigenvalue weighted by atomic mass is 15.3. The minimum absolute atomic E-state index is 0.259. The standard InChI is InChI=1S/C17H15N5/c1-21-9-14(8-19-21)22-15-6-13(3-2-12(15)7-20-22)17(11-18)10-16(17)4-5-16/h2-3,6-9H,4-5,10H2,1H3/t17-/m0/s1. The molecule has 3 aromatic rings. The van der Waals surface area contributed by atoms with Crippen LogP contribution in [0.25, 0.3) is 16.6 Å². The molecular formula is C17H15N5. The first-order valence-electron chi connectivity index (χ1n) is 7.56. The molecule has 1 atom stereocenters. The smallest absolute Gasteiger partial charge is 0.103 e. The van der Waals surface area contributed by atoms with E-state index in [0.717, 1.165) is 28.6 Å². The highest BCUT2D eigenvalue weighted by molar-refractivity contribution is 5.81. The first-order chi connectivity index (χ1) is 10.7. The van der Waals surface area contributed by atoms with Crippen molar-refractivity contribution in [2.45, 2.75) is 24.7 Å². The van der Waals surface area contributed by atoms with Crippen molar-refractivity contribution >= 4 is 10.9 Å². The summed E-state index contributed by atoms with van der Waals surface area (Å²) >= 11 is 0. The Kier molecular flexibility index (Phi) is 1.95. The van der Waals surface area contributed by atoms with Gasteiger partial charge in [-0.05, 0) is 36.3 Å². The summed E-state index contributed by atoms with van der Waals surface area (Å²) in [5, 5.41) is 19.5. The zero-order chi connectivity index (χ0) is 14.9. The molecule has 1 spiro atoms. The van der Waals surface area contributed by atoms with Crippen molar-refractivity contribution in [1.82, 2.24) is 19.6 Å². The Morgan fingerprint density at radius 1 is 1.23 bits per heavy atom. The van der Waals surface area contributed by atoms with Gasteiger partial charge in [0.1, 0.15) is 5.69 Å². The van der Waals surface area contributed by atoms with Gasteiger partial charge in [0.15, 0.2) is 0 Å². The second-order valence-corrected chi connectivity index (χ2v) is 6.68. The van der Waals surface area contributed by atoms with Gasteiger partial charge in [-0.25, -0.2) is 4.68 Å². The molecule has 0 amide bonds. The fourth-order valence-electron chi connectivity index (χ4n) is 3.86. The predicted octanol–water partition coefficient (Wildman–Crippen LogP) is 2.70. The number of nitrogens with zero attached hydrogens (tertiary/aromatic N) is 5. The lowest BCUT2D eigenvalue weighted by Gasteiger charge is -2.09. The van der Waals surface area contributed by atoms with Crippen LogP contribution >= 0.6 is 0 Å². The number of hydrogen-bond acceptors (Lipinski definition) is 3. The molecule has 2 saturated carbocycles. The minimum atomic E-state index is -0.259. The Bertz CT molecular complexity index is 953. The summed E-state index contributed by atoms with van der Waals surface area (Å²) in [5.41, 5.74) is 3.16. The van der Waals surface area contributed by atoms with E-state index in [1.54, 1.807) is 10.9 Å². The topological polar surface area (TPSA) is 59.4 Å². The fourth-order valence-corrected chi connectivity index (χ4v) is 3.86. The summed E-state index contributed by atoms with van der Waals surface area (Å²) in [5.74, 6) is 0. The molecule has 0 bridgehead atoms. The Balaban J connectivity index is 1.69. The van der Waals surface area contributed by atoms with Gasteiger partial charge in [0, 0.05) is 12.4 Å². The van der Waals surface area contributed by atoms with Crippen LogP contribution in [0.1, 0.15) is 24.8 Å². The summed E-state index contributed by atoms with van der Waals surface area (Å²) < 4.78 is 3.67. The molecule has 1 aromatic carbocycles. The van der Waals surface area contributed by atoms with Crippen molar-refractivity contribution in [2.75, 3.05) is 0 Å². The van der Waals surface area contributed by atoms with E-state index >= 15 is 0 Å². The van der Waals surface area contributed by atoms with Gasteiger partial charge in [0.25, 0.3) is 0 Å². The lowest BCUT2D eigenvalue weighted by molar-refractivity contribution is 0.738. The van der Waals surface area contributed by atoms with Gasteiger partial charge < -0.3 is 0 Å². The number of aromatic nitrogens is 4. The molecule has 0 saturated heterocycles. The van der Waals surface area contributed by atoms with E-state index in [1.807, 2.05) is 24.1 Å². The summed E-state index contributed by atoms with van der Waals surface area (Å²) in [6.45, 7) is 0. The average molecular weight is 289 g/mol. The first kappa shape index (κ1) is 12.0. The largest absolute Gasteiger partial charge is 0.274 e. The molecule has 22 heavy (non-hydrogen) atoms. The average Bonchev–Trinajstić information content (AvgIpc) is 3.32. The molecule has 0 N–H and O–H groups in total. The lowest BCUT2D eigenvalue weighted by atomic mass is 9.93. The summed E-state index contributed by atoms with van der Waals surface area (Å²) in [6, 6.07) is 8.93. The van der Waals surface area contributed by atoms with Crippen molar-refractivity contribution in [3.05, 3.63) is 42.4 Å². The zero-order valence-corrected chi connectivity index (χ0v) is 12.3. The van der Waals surface area contributed by atoms with Crippen LogP contribution in [0, 0.1) is 16.7 Å². The monoisotopic (exact) mass is 289 g/mol. The predicted molar refractivity (Wildman–Crippen MR) is 81.4 cm³/mol. The van der Waals surface area contributed by atoms with E-state index in [-0.39, 0.29) is 10.8 Å². The van der Waals surface area contributed by atoms with Crippen molar-refractivity contribution < 1.29 is 0 Å². The normalized spacial score (nSPS) is 24.5. The van der Waals surface area contributed by atoms with E-state index < -0.39 is 0 Å². The number of hydrogen-bond donors (Lipinski definition) is 0. The molecule has 0 aliphatic heterocycles. The maximum absolute atomic E-state index is 9.71. The summed E-state index contributed by atoms with van der Waals surface area (Å²) in [4.78, 5) is 0. The van der Waals surface area contributed by atoms with Crippen LogP contribution in [-0.4, -0.2) is 19.6 Å². The van der Waals surface area contributed by atoms with Crippen LogP contribution in [0.15, 0.2) is 36.8 Å². The molecule has 2 aromatic heterocycles. The molecule has 0 radical (unpaired) electrons. The molecule has 5 nitrogen and oxygen atoms in total. The summed E-state index contributed by atoms with van der Waals surface area (Å²) in [6.07, 6.45) is 9.02. The minimum Gasteiger partial charge on any atom is -0.274 e. The van der Waals surface area contributed by atoms with Crippen LogP contribution in [0.5, 0.6) is 0 Å². The maximum Gasteiger partial charge on any atom is 0.103 e. The molecular weight excluding hydrogens is 274 g/mol. The Morgan fingerprint density at radius 3 is 2.73 bits per heavy atom. The number of rotatable bonds is 2. The molecule has 0 unspecified atom stereocenters. The molecule has 108 valence electrons. The van der Waals surface area contributed by atoms with Gasteiger partial charge in [-0.1, -0.05) is 12.1 Å². The number of benzene rings is 1. The first-order valence-corrected chi connectivity index (χ1v) is 7.56. The van der Waals surface area contributed by atoms with Crippen molar-refractivity contribution in [2.24, 2.45) is 12.5 Å². The zero-order valence-electron chi connectivity index (χ0n) is 12.3. The highest BCUT2D eigenvalue weighted by Crippen LogP contribution is 2.78. The van der Waals surface area contributed by atoms with Gasteiger partial charge >= 0.3 is 0 Å². The van der Waals surface area contributed by atoms with Gasteiger partial charge in [-0.2, -0.15) is 15.5 Å². The number of fused-ring (bicyclic) bond motifs is 1. The highest BCUT2D eigenvalue weighted by Gasteiger charge is 2.75. The van der Waals surface area contributed by atoms with E-state index in [2.05, 4.69) is 34.5 Å². The van der Waals surface area contributed by atoms with Crippen molar-refractivity contribution in [3.63, 3.8) is 0 Å². The quantitative estimate of drug-likeness (QED) is 0.728. The third-order valence-electron chi connectivity index (χ3n) is 5.43. The van der Waals surface area contributed by atoms with Gasteiger partial charge in [0.05, 0.1) is 35.6 Å². The van der Waals surface area contributed by atoms with Crippen LogP contribution in [-0.2, 0) is 12.5 Å². The third kappa shape index (κ3) is 1.32. The van der Waals surface area contributed by atoms with Crippen molar-refractivity contribution in [1.29, 1.82) is 5.26 Å². The second-order valence-electron chi connectivity index (χ2n) is 6.68. The fraction of sp³-hybridized carbons (Fsp3) is 0.353. The number of aryl methyl sites for hydroxylation is 1. The van der Waals surface area contributed by atoms with E-state index in [0.29, 0.717) is 0 Å². The van der Waals surface area contributed by atoms with Crippen molar-refractivity contribution in [3.8, 4) is 11.8 Å². The molecule has 2 heterocycles. The maximum atomic E-state index is 9.71. The van der Waals surface area contributed by atoms with E-state index in [9.17, 15) is 5.26 Å². The molecule has 5 rings (SSSR count). The molecule has 5 heteroatoms. The van der Waals surface area contributed by atoms with Gasteiger partial charge in [0.2, 0.25) is 0 Å². The second kappa shape index (κ2) is 3.58. The van der Waals surface area contributed by atoms with Crippen LogP contribution in [0.3, 0.4) is 0 Å². The van der Waals surface area contributed by atoms with E-state index in [4.69, 9.17) is 0 Å². The van der Waals surface area contributed by atoms with Crippen LogP contribution in [0.2, 0.25) is 0 Å². The van der Waals surface area contributed by atoms with Gasteiger partial charge in [-0.15, -0.1) is 0 Å². The van der Waals surface area contributed by atoms with Crippen LogP contribution in [0.4, 0.5) is 0 Å². The summed E-state index contributed by atoms with van der Waals surface area (Å²) in [7, 11) is 1.90. The lowest BCUT2D eigenvalue weighted by Crippen LogP contribution is -2.07. The molecule has 2 aliphatic carbocycles. The third-order valence-corrected chi connectivity index (χ3v) is 5.43. The van der Waals surface area contributed by atoms with Gasteiger partial charge in [-0.3, -0.25) is 4.68 Å². The Labute approximate surface area is 127 Å². The molecule has 2 aliphatic rings. The van der Waals surface area contributed by atoms with E-state index in [1.165, 1.54) is 12.8 Å². The number of nitriles is 1. The Morgan fingerprint density at radius 2 is 2.09 bits per heavy atom. The van der Waals surface area contributed by atoms with Crippen LogP contribution < -0.4 is 0 Å². The Hall–Kier alpha value is -2.61. The SMILES string of the molecule is Cn1cc(-n2ncc3ccc([C@@]4(C#N)CC45CC5)cc32)cn1. The molecule has 2 fully saturated rings.